The van der Waals surface area contributed by atoms with Crippen LogP contribution in [-0.2, 0) is 11.2 Å². The topological polar surface area (TPSA) is 45.0 Å². The molecule has 1 saturated carbocycles. The number of allylic oxidation sites excluding steroid dienone is 2. The minimum atomic E-state index is 0.234. The second-order valence-electron chi connectivity index (χ2n) is 12.2. The lowest BCUT2D eigenvalue weighted by Gasteiger charge is -2.39. The Kier molecular flexibility index (Phi) is 10.9. The van der Waals surface area contributed by atoms with E-state index in [-0.39, 0.29) is 5.91 Å². The standard InChI is InChI=1S/C35H49N3O/c1-5-7-27-8-15-30(16-9-27)31-17-10-29(11-18-31)22-23-37-35(36-6-2)32-19-12-28(13-20-32)14-21-34(39)38-24-33(25-38)26(3)4/h6,10,12-13,19-20,23,27,30-31,33H,2-3,5,7-9,11,14-18,21-22,24-25H2,1,4H3. The van der Waals surface area contributed by atoms with Gasteiger partial charge in [-0.15, -0.1) is 0 Å². The van der Waals surface area contributed by atoms with Crippen molar-refractivity contribution < 1.29 is 4.79 Å². The Morgan fingerprint density at radius 2 is 1.82 bits per heavy atom. The number of amidine groups is 1. The summed E-state index contributed by atoms with van der Waals surface area (Å²) in [5, 5.41) is 0. The quantitative estimate of drug-likeness (QED) is 0.162. The molecule has 1 unspecified atom stereocenters. The monoisotopic (exact) mass is 527 g/mol. The molecule has 2 fully saturated rings. The Morgan fingerprint density at radius 1 is 1.08 bits per heavy atom. The summed E-state index contributed by atoms with van der Waals surface area (Å²) >= 11 is 0. The highest BCUT2D eigenvalue weighted by Crippen LogP contribution is 2.40. The van der Waals surface area contributed by atoms with E-state index in [0.717, 1.165) is 54.8 Å². The lowest BCUT2D eigenvalue weighted by atomic mass is 9.70. The maximum absolute atomic E-state index is 12.5. The van der Waals surface area contributed by atoms with Crippen molar-refractivity contribution in [3.05, 3.63) is 72.0 Å². The molecule has 1 saturated heterocycles. The summed E-state index contributed by atoms with van der Waals surface area (Å²) in [5.41, 5.74) is 4.83. The minimum absolute atomic E-state index is 0.234. The zero-order valence-electron chi connectivity index (χ0n) is 24.4. The van der Waals surface area contributed by atoms with E-state index in [0.29, 0.717) is 18.2 Å². The molecule has 1 aliphatic heterocycles. The minimum Gasteiger partial charge on any atom is -0.341 e. The molecular formula is C35H49N3O. The van der Waals surface area contributed by atoms with Crippen LogP contribution >= 0.6 is 0 Å². The van der Waals surface area contributed by atoms with Crippen LogP contribution in [0.5, 0.6) is 0 Å². The molecule has 3 aliphatic rings. The molecule has 0 radical (unpaired) electrons. The van der Waals surface area contributed by atoms with Gasteiger partial charge >= 0.3 is 0 Å². The fourth-order valence-corrected chi connectivity index (χ4v) is 6.62. The van der Waals surface area contributed by atoms with E-state index in [1.165, 1.54) is 68.9 Å². The first-order valence-electron chi connectivity index (χ1n) is 15.4. The number of benzene rings is 1. The van der Waals surface area contributed by atoms with Gasteiger partial charge in [0.25, 0.3) is 0 Å². The molecular weight excluding hydrogens is 478 g/mol. The number of aliphatic imine (C=N–C) groups is 2. The number of rotatable bonds is 11. The number of nitrogens with zero attached hydrogens (tertiary/aromatic N) is 3. The van der Waals surface area contributed by atoms with Crippen LogP contribution in [0.2, 0.25) is 0 Å². The predicted molar refractivity (Wildman–Crippen MR) is 165 cm³/mol. The summed E-state index contributed by atoms with van der Waals surface area (Å²) in [7, 11) is 0. The van der Waals surface area contributed by atoms with Gasteiger partial charge < -0.3 is 4.90 Å². The second-order valence-corrected chi connectivity index (χ2v) is 12.2. The summed E-state index contributed by atoms with van der Waals surface area (Å²) in [6.45, 7) is 13.8. The van der Waals surface area contributed by atoms with Gasteiger partial charge in [0.15, 0.2) is 5.84 Å². The maximum atomic E-state index is 12.5. The van der Waals surface area contributed by atoms with Gasteiger partial charge in [-0.05, 0) is 68.8 Å². The number of amides is 1. The van der Waals surface area contributed by atoms with E-state index in [1.807, 2.05) is 18.0 Å². The third kappa shape index (κ3) is 8.37. The van der Waals surface area contributed by atoms with Crippen molar-refractivity contribution in [3.8, 4) is 0 Å². The first-order chi connectivity index (χ1) is 19.0. The lowest BCUT2D eigenvalue weighted by molar-refractivity contribution is -0.136. The van der Waals surface area contributed by atoms with Gasteiger partial charge in [0, 0.05) is 49.8 Å². The van der Waals surface area contributed by atoms with Crippen LogP contribution in [-0.4, -0.2) is 35.9 Å². The summed E-state index contributed by atoms with van der Waals surface area (Å²) in [5.74, 6) is 4.23. The molecule has 0 bridgehead atoms. The van der Waals surface area contributed by atoms with Crippen molar-refractivity contribution in [1.29, 1.82) is 0 Å². The maximum Gasteiger partial charge on any atom is 0.222 e. The normalized spacial score (nSPS) is 24.4. The van der Waals surface area contributed by atoms with Crippen molar-refractivity contribution in [3.63, 3.8) is 0 Å². The van der Waals surface area contributed by atoms with Gasteiger partial charge in [0.05, 0.1) is 0 Å². The molecule has 210 valence electrons. The fourth-order valence-electron chi connectivity index (χ4n) is 6.62. The number of hydrogen-bond donors (Lipinski definition) is 0. The Bertz CT molecular complexity index is 1070. The van der Waals surface area contributed by atoms with Gasteiger partial charge in [-0.3, -0.25) is 4.79 Å². The van der Waals surface area contributed by atoms with Crippen LogP contribution in [0.1, 0.15) is 95.6 Å². The SMILES string of the molecule is C=CN=C(N=CCC1=CCC(C2CCC(CCC)CC2)CC1)c1ccc(CCC(=O)N2CC(C(=C)C)C2)cc1. The van der Waals surface area contributed by atoms with Crippen LogP contribution in [0.4, 0.5) is 0 Å². The summed E-state index contributed by atoms with van der Waals surface area (Å²) < 4.78 is 0. The van der Waals surface area contributed by atoms with Crippen LogP contribution in [0.25, 0.3) is 0 Å². The van der Waals surface area contributed by atoms with Gasteiger partial charge in [-0.1, -0.05) is 87.3 Å². The highest BCUT2D eigenvalue weighted by molar-refractivity contribution is 6.03. The highest BCUT2D eigenvalue weighted by Gasteiger charge is 2.30. The van der Waals surface area contributed by atoms with Crippen molar-refractivity contribution in [1.82, 2.24) is 4.90 Å². The van der Waals surface area contributed by atoms with Crippen molar-refractivity contribution in [2.45, 2.75) is 90.9 Å². The molecule has 0 spiro atoms. The molecule has 1 amide bonds. The van der Waals surface area contributed by atoms with E-state index in [9.17, 15) is 4.79 Å². The number of carbonyl (C=O) groups is 1. The number of likely N-dealkylation sites (tertiary alicyclic amines) is 1. The molecule has 1 aromatic rings. The molecule has 2 aliphatic carbocycles. The molecule has 4 heteroatoms. The number of hydrogen-bond acceptors (Lipinski definition) is 2. The third-order valence-corrected chi connectivity index (χ3v) is 9.35. The molecule has 1 heterocycles. The lowest BCUT2D eigenvalue weighted by Crippen LogP contribution is -2.50. The Labute approximate surface area is 237 Å². The number of carbonyl (C=O) groups excluding carboxylic acids is 1. The van der Waals surface area contributed by atoms with E-state index < -0.39 is 0 Å². The predicted octanol–water partition coefficient (Wildman–Crippen LogP) is 8.34. The molecule has 39 heavy (non-hydrogen) atoms. The van der Waals surface area contributed by atoms with Gasteiger partial charge in [0.2, 0.25) is 5.91 Å². The Balaban J connectivity index is 1.22. The van der Waals surface area contributed by atoms with Crippen LogP contribution in [0, 0.1) is 23.7 Å². The van der Waals surface area contributed by atoms with E-state index >= 15 is 0 Å². The van der Waals surface area contributed by atoms with Crippen LogP contribution in [0.15, 0.2) is 70.8 Å². The summed E-state index contributed by atoms with van der Waals surface area (Å²) in [6.07, 6.45) is 20.6. The van der Waals surface area contributed by atoms with Crippen molar-refractivity contribution in [2.24, 2.45) is 33.7 Å². The number of aryl methyl sites for hydroxylation is 1. The average Bonchev–Trinajstić information content (AvgIpc) is 2.92. The fraction of sp³-hybridized carbons (Fsp3) is 0.571. The Morgan fingerprint density at radius 3 is 2.44 bits per heavy atom. The van der Waals surface area contributed by atoms with Gasteiger partial charge in [-0.2, -0.15) is 0 Å². The molecule has 0 aromatic heterocycles. The first kappa shape index (κ1) is 29.2. The van der Waals surface area contributed by atoms with Crippen LogP contribution in [0.3, 0.4) is 0 Å². The average molecular weight is 528 g/mol. The van der Waals surface area contributed by atoms with Crippen molar-refractivity contribution in [2.75, 3.05) is 13.1 Å². The first-order valence-corrected chi connectivity index (χ1v) is 15.4. The highest BCUT2D eigenvalue weighted by atomic mass is 16.2. The largest absolute Gasteiger partial charge is 0.341 e. The van der Waals surface area contributed by atoms with Gasteiger partial charge in [0.1, 0.15) is 0 Å². The molecule has 4 nitrogen and oxygen atoms in total. The molecule has 1 aromatic carbocycles. The molecule has 0 N–H and O–H groups in total. The van der Waals surface area contributed by atoms with Crippen LogP contribution < -0.4 is 0 Å². The zero-order valence-corrected chi connectivity index (χ0v) is 24.4. The third-order valence-electron chi connectivity index (χ3n) is 9.35. The summed E-state index contributed by atoms with van der Waals surface area (Å²) in [6, 6.07) is 8.28. The second kappa shape index (κ2) is 14.6. The Hall–Kier alpha value is -2.75. The van der Waals surface area contributed by atoms with E-state index in [1.54, 1.807) is 6.20 Å². The zero-order chi connectivity index (χ0) is 27.6. The summed E-state index contributed by atoms with van der Waals surface area (Å²) in [4.78, 5) is 23.5. The van der Waals surface area contributed by atoms with E-state index in [2.05, 4.69) is 55.4 Å². The molecule has 4 rings (SSSR count). The van der Waals surface area contributed by atoms with Gasteiger partial charge in [-0.25, -0.2) is 9.98 Å². The van der Waals surface area contributed by atoms with E-state index in [4.69, 9.17) is 4.99 Å². The molecule has 1 atom stereocenters. The van der Waals surface area contributed by atoms with Crippen molar-refractivity contribution >= 4 is 18.0 Å². The smallest absolute Gasteiger partial charge is 0.222 e.